The molecule has 24 heavy (non-hydrogen) atoms. The minimum absolute atomic E-state index is 0.0450. The summed E-state index contributed by atoms with van der Waals surface area (Å²) >= 11 is 0. The second kappa shape index (κ2) is 6.23. The number of fused-ring (bicyclic) bond motifs is 1. The number of hydrogen-bond donors (Lipinski definition) is 1. The zero-order valence-electron chi connectivity index (χ0n) is 13.8. The maximum atomic E-state index is 12.8. The first-order valence-corrected chi connectivity index (χ1v) is 8.21. The fraction of sp³-hybridized carbons (Fsp3) is 0.421. The van der Waals surface area contributed by atoms with Crippen molar-refractivity contribution in [3.63, 3.8) is 0 Å². The normalized spacial score (nSPS) is 27.7. The Balaban J connectivity index is 1.91. The highest BCUT2D eigenvalue weighted by atomic mass is 16.4. The summed E-state index contributed by atoms with van der Waals surface area (Å²) in [5, 5.41) is 9.62. The van der Waals surface area contributed by atoms with E-state index in [-0.39, 0.29) is 24.2 Å². The molecule has 3 rings (SSSR count). The molecule has 1 aliphatic carbocycles. The van der Waals surface area contributed by atoms with Crippen LogP contribution in [0.15, 0.2) is 42.0 Å². The van der Waals surface area contributed by atoms with Gasteiger partial charge in [-0.1, -0.05) is 48.9 Å². The Morgan fingerprint density at radius 1 is 1.25 bits per heavy atom. The third kappa shape index (κ3) is 2.75. The molecule has 5 heteroatoms. The number of carbonyl (C=O) groups excluding carboxylic acids is 2. The molecule has 0 saturated carbocycles. The van der Waals surface area contributed by atoms with Crippen molar-refractivity contribution >= 4 is 17.8 Å². The van der Waals surface area contributed by atoms with Gasteiger partial charge in [0.2, 0.25) is 11.8 Å². The molecule has 1 aromatic carbocycles. The number of hydrogen-bond acceptors (Lipinski definition) is 3. The Labute approximate surface area is 141 Å². The summed E-state index contributed by atoms with van der Waals surface area (Å²) in [6, 6.07) is 7.94. The number of amides is 2. The van der Waals surface area contributed by atoms with Crippen LogP contribution in [0.2, 0.25) is 0 Å². The van der Waals surface area contributed by atoms with Crippen molar-refractivity contribution in [3.05, 3.63) is 47.5 Å². The van der Waals surface area contributed by atoms with Gasteiger partial charge in [0, 0.05) is 6.42 Å². The van der Waals surface area contributed by atoms with E-state index in [2.05, 4.69) is 0 Å². The molecule has 1 aromatic rings. The summed E-state index contributed by atoms with van der Waals surface area (Å²) in [4.78, 5) is 38.4. The van der Waals surface area contributed by atoms with Crippen LogP contribution >= 0.6 is 0 Å². The Morgan fingerprint density at radius 3 is 2.54 bits per heavy atom. The van der Waals surface area contributed by atoms with E-state index in [1.807, 2.05) is 50.3 Å². The third-order valence-electron chi connectivity index (χ3n) is 5.04. The van der Waals surface area contributed by atoms with Gasteiger partial charge in [-0.2, -0.15) is 0 Å². The fourth-order valence-corrected chi connectivity index (χ4v) is 3.98. The van der Waals surface area contributed by atoms with Crippen LogP contribution in [0.1, 0.15) is 25.8 Å². The Hall–Kier alpha value is -2.43. The molecule has 4 atom stereocenters. The van der Waals surface area contributed by atoms with E-state index in [9.17, 15) is 19.5 Å². The highest BCUT2D eigenvalue weighted by molar-refractivity contribution is 6.08. The van der Waals surface area contributed by atoms with Gasteiger partial charge < -0.3 is 5.11 Å². The van der Waals surface area contributed by atoms with Crippen molar-refractivity contribution < 1.29 is 19.5 Å². The predicted molar refractivity (Wildman–Crippen MR) is 87.9 cm³/mol. The molecule has 1 saturated heterocycles. The lowest BCUT2D eigenvalue weighted by atomic mass is 9.76. The number of likely N-dealkylation sites (tertiary alicyclic amines) is 1. The summed E-state index contributed by atoms with van der Waals surface area (Å²) in [7, 11) is 0. The van der Waals surface area contributed by atoms with E-state index < -0.39 is 23.8 Å². The van der Waals surface area contributed by atoms with Crippen molar-refractivity contribution in [2.45, 2.75) is 32.7 Å². The Kier molecular flexibility index (Phi) is 4.26. The number of carboxylic acid groups (broad SMARTS) is 1. The van der Waals surface area contributed by atoms with Crippen LogP contribution in [0.5, 0.6) is 0 Å². The van der Waals surface area contributed by atoms with Crippen molar-refractivity contribution in [1.29, 1.82) is 0 Å². The molecule has 1 aliphatic heterocycles. The molecule has 0 aromatic heterocycles. The van der Waals surface area contributed by atoms with Gasteiger partial charge in [-0.05, 0) is 24.8 Å². The second-order valence-electron chi connectivity index (χ2n) is 6.80. The molecular formula is C19H21NO4. The number of carbonyl (C=O) groups is 3. The Morgan fingerprint density at radius 2 is 1.92 bits per heavy atom. The maximum absolute atomic E-state index is 12.8. The van der Waals surface area contributed by atoms with Crippen molar-refractivity contribution in [3.8, 4) is 0 Å². The molecule has 1 fully saturated rings. The lowest BCUT2D eigenvalue weighted by molar-refractivity contribution is -0.155. The monoisotopic (exact) mass is 327 g/mol. The lowest BCUT2D eigenvalue weighted by Crippen LogP contribution is -2.47. The average molecular weight is 327 g/mol. The van der Waals surface area contributed by atoms with Crippen molar-refractivity contribution in [1.82, 2.24) is 4.90 Å². The zero-order valence-corrected chi connectivity index (χ0v) is 13.8. The number of carboxylic acids is 1. The molecule has 1 N–H and O–H groups in total. The largest absolute Gasteiger partial charge is 0.480 e. The van der Waals surface area contributed by atoms with Gasteiger partial charge in [-0.25, -0.2) is 4.79 Å². The quantitative estimate of drug-likeness (QED) is 0.680. The number of aliphatic carboxylic acids is 1. The summed E-state index contributed by atoms with van der Waals surface area (Å²) in [5.74, 6) is -2.72. The fourth-order valence-electron chi connectivity index (χ4n) is 3.98. The summed E-state index contributed by atoms with van der Waals surface area (Å²) < 4.78 is 0. The zero-order chi connectivity index (χ0) is 17.4. The first-order chi connectivity index (χ1) is 11.4. The number of nitrogens with zero attached hydrogens (tertiary/aromatic N) is 1. The number of imide groups is 1. The lowest BCUT2D eigenvalue weighted by Gasteiger charge is -2.25. The van der Waals surface area contributed by atoms with Crippen molar-refractivity contribution in [2.75, 3.05) is 0 Å². The standard InChI is InChI=1S/C19H21NO4/c1-11-8-12(2)16-14(9-11)17(21)20(18(16)22)15(19(23)24)10-13-6-4-3-5-7-13/h3-8,12,14-16H,9-10H2,1-2H3,(H,23,24)/t12-,14-,15-,16-/m1/s1. The van der Waals surface area contributed by atoms with E-state index in [1.54, 1.807) is 0 Å². The van der Waals surface area contributed by atoms with Crippen LogP contribution in [-0.4, -0.2) is 33.8 Å². The number of rotatable bonds is 4. The first kappa shape index (κ1) is 16.4. The van der Waals surface area contributed by atoms with Crippen LogP contribution in [-0.2, 0) is 20.8 Å². The molecule has 0 bridgehead atoms. The minimum Gasteiger partial charge on any atom is -0.480 e. The van der Waals surface area contributed by atoms with E-state index in [4.69, 9.17) is 0 Å². The first-order valence-electron chi connectivity index (χ1n) is 8.21. The minimum atomic E-state index is -1.15. The van der Waals surface area contributed by atoms with E-state index in [1.165, 1.54) is 0 Å². The van der Waals surface area contributed by atoms with Gasteiger partial charge >= 0.3 is 5.97 Å². The van der Waals surface area contributed by atoms with Crippen LogP contribution in [0.3, 0.4) is 0 Å². The molecule has 0 spiro atoms. The van der Waals surface area contributed by atoms with Crippen molar-refractivity contribution in [2.24, 2.45) is 17.8 Å². The molecule has 5 nitrogen and oxygen atoms in total. The van der Waals surface area contributed by atoms with Crippen LogP contribution < -0.4 is 0 Å². The van der Waals surface area contributed by atoms with E-state index in [0.717, 1.165) is 16.0 Å². The predicted octanol–water partition coefficient (Wildman–Crippen LogP) is 2.27. The third-order valence-corrected chi connectivity index (χ3v) is 5.04. The van der Waals surface area contributed by atoms with Crippen LogP contribution in [0, 0.1) is 17.8 Å². The SMILES string of the molecule is CC1=C[C@@H](C)[C@H]2C(=O)N([C@H](Cc3ccccc3)C(=O)O)C(=O)[C@@H]2C1. The van der Waals surface area contributed by atoms with E-state index >= 15 is 0 Å². The Bertz CT molecular complexity index is 709. The smallest absolute Gasteiger partial charge is 0.327 e. The number of benzene rings is 1. The van der Waals surface area contributed by atoms with Gasteiger partial charge in [0.05, 0.1) is 11.8 Å². The number of allylic oxidation sites excluding steroid dienone is 2. The highest BCUT2D eigenvalue weighted by Gasteiger charge is 2.53. The van der Waals surface area contributed by atoms with Gasteiger partial charge in [-0.15, -0.1) is 0 Å². The molecule has 2 amide bonds. The molecular weight excluding hydrogens is 306 g/mol. The van der Waals surface area contributed by atoms with Crippen LogP contribution in [0.25, 0.3) is 0 Å². The maximum Gasteiger partial charge on any atom is 0.327 e. The summed E-state index contributed by atoms with van der Waals surface area (Å²) in [5.41, 5.74) is 1.88. The molecule has 0 unspecified atom stereocenters. The molecule has 2 aliphatic rings. The topological polar surface area (TPSA) is 74.7 Å². The molecule has 1 heterocycles. The van der Waals surface area contributed by atoms with Gasteiger partial charge in [0.1, 0.15) is 6.04 Å². The van der Waals surface area contributed by atoms with Gasteiger partial charge in [-0.3, -0.25) is 14.5 Å². The van der Waals surface area contributed by atoms with E-state index in [0.29, 0.717) is 6.42 Å². The summed E-state index contributed by atoms with van der Waals surface area (Å²) in [6.07, 6.45) is 2.68. The van der Waals surface area contributed by atoms with Crippen LogP contribution in [0.4, 0.5) is 0 Å². The average Bonchev–Trinajstić information content (AvgIpc) is 2.77. The highest BCUT2D eigenvalue weighted by Crippen LogP contribution is 2.41. The second-order valence-corrected chi connectivity index (χ2v) is 6.80. The molecule has 0 radical (unpaired) electrons. The summed E-state index contributed by atoms with van der Waals surface area (Å²) in [6.45, 7) is 3.87. The van der Waals surface area contributed by atoms with Gasteiger partial charge in [0.25, 0.3) is 0 Å². The molecule has 126 valence electrons. The van der Waals surface area contributed by atoms with Gasteiger partial charge in [0.15, 0.2) is 0 Å².